The quantitative estimate of drug-likeness (QED) is 0.758. The zero-order chi connectivity index (χ0) is 13.4. The van der Waals surface area contributed by atoms with Gasteiger partial charge in [-0.2, -0.15) is 0 Å². The van der Waals surface area contributed by atoms with Crippen molar-refractivity contribution >= 4 is 18.3 Å². The maximum atomic E-state index is 13.5. The smallest absolute Gasteiger partial charge is 0.220 e. The first kappa shape index (κ1) is 17.9. The summed E-state index contributed by atoms with van der Waals surface area (Å²) in [7, 11) is 0. The summed E-state index contributed by atoms with van der Waals surface area (Å²) < 4.78 is 13.5. The second-order valence-electron chi connectivity index (χ2n) is 4.47. The van der Waals surface area contributed by atoms with E-state index in [9.17, 15) is 9.18 Å². The summed E-state index contributed by atoms with van der Waals surface area (Å²) in [5.74, 6) is -0.399. The maximum absolute atomic E-state index is 13.5. The molecular formula is C14H22ClFN2O. The van der Waals surface area contributed by atoms with E-state index in [1.807, 2.05) is 6.92 Å². The van der Waals surface area contributed by atoms with Gasteiger partial charge in [0, 0.05) is 13.0 Å². The summed E-state index contributed by atoms with van der Waals surface area (Å²) >= 11 is 0. The van der Waals surface area contributed by atoms with Gasteiger partial charge in [0.15, 0.2) is 0 Å². The molecular weight excluding hydrogens is 267 g/mol. The Hall–Kier alpha value is -1.13. The minimum absolute atomic E-state index is 0. The number of hydrogen-bond donors (Lipinski definition) is 2. The van der Waals surface area contributed by atoms with Crippen LogP contribution >= 0.6 is 12.4 Å². The van der Waals surface area contributed by atoms with E-state index in [1.165, 1.54) is 6.07 Å². The molecule has 1 aromatic rings. The molecule has 0 aliphatic carbocycles. The molecule has 1 rings (SSSR count). The van der Waals surface area contributed by atoms with Gasteiger partial charge in [-0.05, 0) is 36.9 Å². The summed E-state index contributed by atoms with van der Waals surface area (Å²) in [5.41, 5.74) is 5.96. The molecule has 1 unspecified atom stereocenters. The Kier molecular flexibility index (Phi) is 9.17. The second kappa shape index (κ2) is 9.75. The number of carbonyl (C=O) groups is 1. The van der Waals surface area contributed by atoms with Crippen LogP contribution in [0.5, 0.6) is 0 Å². The van der Waals surface area contributed by atoms with Crippen molar-refractivity contribution in [1.82, 2.24) is 5.32 Å². The van der Waals surface area contributed by atoms with E-state index < -0.39 is 0 Å². The van der Waals surface area contributed by atoms with Crippen molar-refractivity contribution in [2.24, 2.45) is 5.73 Å². The molecule has 0 fully saturated rings. The van der Waals surface area contributed by atoms with Gasteiger partial charge in [0.05, 0.1) is 0 Å². The SMILES string of the molecule is CC(CC(=O)NCCCCN)c1ccccc1F.Cl. The molecule has 3 nitrogen and oxygen atoms in total. The third-order valence-corrected chi connectivity index (χ3v) is 2.88. The number of amides is 1. The fourth-order valence-corrected chi connectivity index (χ4v) is 1.83. The predicted octanol–water partition coefficient (Wildman–Crippen LogP) is 2.60. The molecule has 0 saturated heterocycles. The Morgan fingerprint density at radius 1 is 1.37 bits per heavy atom. The minimum atomic E-state index is -0.249. The molecule has 3 N–H and O–H groups in total. The lowest BCUT2D eigenvalue weighted by Gasteiger charge is -2.12. The summed E-state index contributed by atoms with van der Waals surface area (Å²) in [6, 6.07) is 6.58. The summed E-state index contributed by atoms with van der Waals surface area (Å²) in [6.07, 6.45) is 2.10. The molecule has 0 bridgehead atoms. The van der Waals surface area contributed by atoms with E-state index in [2.05, 4.69) is 5.32 Å². The Morgan fingerprint density at radius 3 is 2.68 bits per heavy atom. The van der Waals surface area contributed by atoms with Crippen LogP contribution in [0.2, 0.25) is 0 Å². The highest BCUT2D eigenvalue weighted by molar-refractivity contribution is 5.85. The molecule has 0 aliphatic rings. The van der Waals surface area contributed by atoms with Gasteiger partial charge in [0.1, 0.15) is 5.82 Å². The van der Waals surface area contributed by atoms with E-state index in [1.54, 1.807) is 18.2 Å². The van der Waals surface area contributed by atoms with Gasteiger partial charge in [-0.15, -0.1) is 12.4 Å². The molecule has 0 radical (unpaired) electrons. The lowest BCUT2D eigenvalue weighted by atomic mass is 9.97. The van der Waals surface area contributed by atoms with Crippen LogP contribution in [-0.4, -0.2) is 19.0 Å². The molecule has 0 saturated carbocycles. The normalized spacial score (nSPS) is 11.5. The van der Waals surface area contributed by atoms with Gasteiger partial charge < -0.3 is 11.1 Å². The third kappa shape index (κ3) is 6.55. The molecule has 0 aromatic heterocycles. The predicted molar refractivity (Wildman–Crippen MR) is 78.0 cm³/mol. The molecule has 19 heavy (non-hydrogen) atoms. The number of rotatable bonds is 7. The molecule has 0 spiro atoms. The average Bonchev–Trinajstić information content (AvgIpc) is 2.35. The largest absolute Gasteiger partial charge is 0.356 e. The van der Waals surface area contributed by atoms with Crippen molar-refractivity contribution in [3.05, 3.63) is 35.6 Å². The van der Waals surface area contributed by atoms with E-state index >= 15 is 0 Å². The molecule has 108 valence electrons. The van der Waals surface area contributed by atoms with Crippen LogP contribution in [0.1, 0.15) is 37.7 Å². The van der Waals surface area contributed by atoms with Crippen LogP contribution in [-0.2, 0) is 4.79 Å². The van der Waals surface area contributed by atoms with Crippen LogP contribution in [0.25, 0.3) is 0 Å². The number of carbonyl (C=O) groups excluding carboxylic acids is 1. The number of unbranched alkanes of at least 4 members (excludes halogenated alkanes) is 1. The van der Waals surface area contributed by atoms with Crippen molar-refractivity contribution in [1.29, 1.82) is 0 Å². The Balaban J connectivity index is 0.00000324. The van der Waals surface area contributed by atoms with E-state index in [0.29, 0.717) is 25.1 Å². The van der Waals surface area contributed by atoms with Gasteiger partial charge in [-0.3, -0.25) is 4.79 Å². The van der Waals surface area contributed by atoms with Gasteiger partial charge in [-0.1, -0.05) is 25.1 Å². The molecule has 1 aromatic carbocycles. The lowest BCUT2D eigenvalue weighted by Crippen LogP contribution is -2.26. The number of nitrogens with two attached hydrogens (primary N) is 1. The van der Waals surface area contributed by atoms with Crippen LogP contribution in [0, 0.1) is 5.82 Å². The van der Waals surface area contributed by atoms with Crippen molar-refractivity contribution in [2.45, 2.75) is 32.1 Å². The first-order valence-corrected chi connectivity index (χ1v) is 6.36. The third-order valence-electron chi connectivity index (χ3n) is 2.88. The van der Waals surface area contributed by atoms with Gasteiger partial charge in [0.25, 0.3) is 0 Å². The van der Waals surface area contributed by atoms with E-state index in [0.717, 1.165) is 12.8 Å². The number of benzene rings is 1. The van der Waals surface area contributed by atoms with Crippen LogP contribution in [0.15, 0.2) is 24.3 Å². The number of halogens is 2. The fourth-order valence-electron chi connectivity index (χ4n) is 1.83. The molecule has 5 heteroatoms. The highest BCUT2D eigenvalue weighted by Gasteiger charge is 2.13. The van der Waals surface area contributed by atoms with Gasteiger partial charge in [0.2, 0.25) is 5.91 Å². The van der Waals surface area contributed by atoms with Crippen molar-refractivity contribution in [3.63, 3.8) is 0 Å². The van der Waals surface area contributed by atoms with E-state index in [-0.39, 0.29) is 30.0 Å². The molecule has 1 atom stereocenters. The van der Waals surface area contributed by atoms with Gasteiger partial charge in [-0.25, -0.2) is 4.39 Å². The van der Waals surface area contributed by atoms with Crippen LogP contribution < -0.4 is 11.1 Å². The Morgan fingerprint density at radius 2 is 2.05 bits per heavy atom. The highest BCUT2D eigenvalue weighted by Crippen LogP contribution is 2.21. The topological polar surface area (TPSA) is 55.1 Å². The lowest BCUT2D eigenvalue weighted by molar-refractivity contribution is -0.121. The summed E-state index contributed by atoms with van der Waals surface area (Å²) in [6.45, 7) is 3.14. The van der Waals surface area contributed by atoms with Gasteiger partial charge >= 0.3 is 0 Å². The number of nitrogens with one attached hydrogen (secondary N) is 1. The van der Waals surface area contributed by atoms with E-state index in [4.69, 9.17) is 5.73 Å². The summed E-state index contributed by atoms with van der Waals surface area (Å²) in [4.78, 5) is 11.6. The standard InChI is InChI=1S/C14H21FN2O.ClH/c1-11(12-6-2-3-7-13(12)15)10-14(18)17-9-5-4-8-16;/h2-3,6-7,11H,4-5,8-10,16H2,1H3,(H,17,18);1H. The Labute approximate surface area is 120 Å². The van der Waals surface area contributed by atoms with Crippen LogP contribution in [0.4, 0.5) is 4.39 Å². The Bertz CT molecular complexity index is 387. The monoisotopic (exact) mass is 288 g/mol. The highest BCUT2D eigenvalue weighted by atomic mass is 35.5. The molecule has 0 heterocycles. The van der Waals surface area contributed by atoms with Crippen molar-refractivity contribution in [3.8, 4) is 0 Å². The van der Waals surface area contributed by atoms with Crippen molar-refractivity contribution < 1.29 is 9.18 Å². The zero-order valence-electron chi connectivity index (χ0n) is 11.2. The first-order valence-electron chi connectivity index (χ1n) is 6.36. The zero-order valence-corrected chi connectivity index (χ0v) is 12.0. The molecule has 1 amide bonds. The first-order chi connectivity index (χ1) is 8.65. The second-order valence-corrected chi connectivity index (χ2v) is 4.47. The fraction of sp³-hybridized carbons (Fsp3) is 0.500. The summed E-state index contributed by atoms with van der Waals surface area (Å²) in [5, 5.41) is 2.82. The van der Waals surface area contributed by atoms with Crippen molar-refractivity contribution in [2.75, 3.05) is 13.1 Å². The maximum Gasteiger partial charge on any atom is 0.220 e. The minimum Gasteiger partial charge on any atom is -0.356 e. The molecule has 0 aliphatic heterocycles. The number of hydrogen-bond acceptors (Lipinski definition) is 2. The van der Waals surface area contributed by atoms with Crippen LogP contribution in [0.3, 0.4) is 0 Å². The average molecular weight is 289 g/mol.